The van der Waals surface area contributed by atoms with Gasteiger partial charge in [-0.2, -0.15) is 0 Å². The molecule has 0 spiro atoms. The second-order valence-corrected chi connectivity index (χ2v) is 5.48. The smallest absolute Gasteiger partial charge is 0.221 e. The van der Waals surface area contributed by atoms with Crippen molar-refractivity contribution >= 4 is 38.9 Å². The minimum atomic E-state index is -0.164. The Labute approximate surface area is 118 Å². The first kappa shape index (κ1) is 12.1. The minimum Gasteiger partial charge on any atom is -0.508 e. The van der Waals surface area contributed by atoms with Crippen LogP contribution in [0.5, 0.6) is 5.75 Å². The number of nitrogens with zero attached hydrogens (tertiary/aromatic N) is 1. The van der Waals surface area contributed by atoms with Crippen molar-refractivity contribution in [2.24, 2.45) is 0 Å². The molecule has 0 radical (unpaired) electrons. The third kappa shape index (κ3) is 2.32. The predicted octanol–water partition coefficient (Wildman–Crippen LogP) is 3.89. The van der Waals surface area contributed by atoms with Gasteiger partial charge in [0.2, 0.25) is 5.78 Å². The molecule has 0 aliphatic heterocycles. The van der Waals surface area contributed by atoms with Crippen LogP contribution in [0, 0.1) is 0 Å². The van der Waals surface area contributed by atoms with Crippen LogP contribution >= 0.6 is 22.9 Å². The van der Waals surface area contributed by atoms with Crippen molar-refractivity contribution in [1.29, 1.82) is 0 Å². The highest BCUT2D eigenvalue weighted by Crippen LogP contribution is 2.27. The van der Waals surface area contributed by atoms with E-state index in [9.17, 15) is 9.90 Å². The van der Waals surface area contributed by atoms with Crippen LogP contribution in [-0.4, -0.2) is 15.9 Å². The summed E-state index contributed by atoms with van der Waals surface area (Å²) in [5, 5.41) is 10.3. The Bertz CT molecular complexity index is 782. The summed E-state index contributed by atoms with van der Waals surface area (Å²) in [5.41, 5.74) is 1.21. The molecule has 0 aliphatic rings. The highest BCUT2D eigenvalue weighted by Gasteiger charge is 2.15. The van der Waals surface area contributed by atoms with E-state index in [1.807, 2.05) is 0 Å². The van der Waals surface area contributed by atoms with Gasteiger partial charge in [-0.1, -0.05) is 23.7 Å². The molecule has 19 heavy (non-hydrogen) atoms. The number of thiazole rings is 1. The maximum atomic E-state index is 12.3. The summed E-state index contributed by atoms with van der Waals surface area (Å²) < 4.78 is 0.783. The van der Waals surface area contributed by atoms with Crippen molar-refractivity contribution in [2.75, 3.05) is 0 Å². The Hall–Kier alpha value is -1.91. The number of hydrogen-bond donors (Lipinski definition) is 1. The average Bonchev–Trinajstić information content (AvgIpc) is 2.80. The van der Waals surface area contributed by atoms with Crippen molar-refractivity contribution < 1.29 is 9.90 Å². The highest BCUT2D eigenvalue weighted by atomic mass is 35.5. The van der Waals surface area contributed by atoms with Gasteiger partial charge in [0, 0.05) is 10.6 Å². The van der Waals surface area contributed by atoms with Crippen molar-refractivity contribution in [2.45, 2.75) is 0 Å². The van der Waals surface area contributed by atoms with E-state index >= 15 is 0 Å². The van der Waals surface area contributed by atoms with E-state index in [1.165, 1.54) is 11.3 Å². The molecule has 0 bridgehead atoms. The summed E-state index contributed by atoms with van der Waals surface area (Å²) in [6, 6.07) is 11.6. The molecule has 1 heterocycles. The van der Waals surface area contributed by atoms with Crippen LogP contribution < -0.4 is 0 Å². The normalized spacial score (nSPS) is 10.8. The van der Waals surface area contributed by atoms with E-state index in [1.54, 1.807) is 42.5 Å². The molecule has 94 valence electrons. The van der Waals surface area contributed by atoms with Crippen molar-refractivity contribution in [3.05, 3.63) is 58.1 Å². The van der Waals surface area contributed by atoms with E-state index < -0.39 is 0 Å². The van der Waals surface area contributed by atoms with Gasteiger partial charge in [0.05, 0.1) is 10.2 Å². The summed E-state index contributed by atoms with van der Waals surface area (Å²) in [5.74, 6) is 0.00101. The first-order valence-corrected chi connectivity index (χ1v) is 6.73. The molecular formula is C14H8ClNO2S. The second-order valence-electron chi connectivity index (χ2n) is 4.01. The molecule has 0 fully saturated rings. The fraction of sp³-hybridized carbons (Fsp3) is 0. The van der Waals surface area contributed by atoms with Crippen LogP contribution in [0.2, 0.25) is 5.02 Å². The number of carbonyl (C=O) groups is 1. The monoisotopic (exact) mass is 289 g/mol. The third-order valence-corrected chi connectivity index (χ3v) is 3.91. The van der Waals surface area contributed by atoms with E-state index in [0.717, 1.165) is 4.70 Å². The van der Waals surface area contributed by atoms with Gasteiger partial charge in [0.15, 0.2) is 5.01 Å². The van der Waals surface area contributed by atoms with Crippen LogP contribution in [0.3, 0.4) is 0 Å². The largest absolute Gasteiger partial charge is 0.508 e. The standard InChI is InChI=1S/C14H8ClNO2S/c15-9-3-1-2-8(6-9)13(18)14-16-11-5-4-10(17)7-12(11)19-14/h1-7,17H. The molecule has 0 saturated carbocycles. The average molecular weight is 290 g/mol. The molecule has 3 nitrogen and oxygen atoms in total. The quantitative estimate of drug-likeness (QED) is 0.728. The molecular weight excluding hydrogens is 282 g/mol. The maximum absolute atomic E-state index is 12.3. The third-order valence-electron chi connectivity index (χ3n) is 2.65. The summed E-state index contributed by atoms with van der Waals surface area (Å²) >= 11 is 7.13. The first-order chi connectivity index (χ1) is 9.13. The molecule has 5 heteroatoms. The Morgan fingerprint density at radius 1 is 1.21 bits per heavy atom. The number of benzene rings is 2. The number of carbonyl (C=O) groups excluding carboxylic acids is 1. The van der Waals surface area contributed by atoms with Gasteiger partial charge < -0.3 is 5.11 Å². The SMILES string of the molecule is O=C(c1cccc(Cl)c1)c1nc2ccc(O)cc2s1. The van der Waals surface area contributed by atoms with E-state index in [4.69, 9.17) is 11.6 Å². The summed E-state index contributed by atoms with van der Waals surface area (Å²) in [7, 11) is 0. The molecule has 0 aliphatic carbocycles. The van der Waals surface area contributed by atoms with E-state index in [-0.39, 0.29) is 11.5 Å². The predicted molar refractivity (Wildman–Crippen MR) is 76.2 cm³/mol. The van der Waals surface area contributed by atoms with Gasteiger partial charge in [-0.25, -0.2) is 4.98 Å². The fourth-order valence-electron chi connectivity index (χ4n) is 1.76. The number of halogens is 1. The Morgan fingerprint density at radius 3 is 2.84 bits per heavy atom. The second kappa shape index (κ2) is 4.64. The van der Waals surface area contributed by atoms with Crippen molar-refractivity contribution in [1.82, 2.24) is 4.98 Å². The lowest BCUT2D eigenvalue weighted by Crippen LogP contribution is -1.99. The summed E-state index contributed by atoms with van der Waals surface area (Å²) in [4.78, 5) is 16.6. The molecule has 0 saturated heterocycles. The van der Waals surface area contributed by atoms with Crippen LogP contribution in [0.4, 0.5) is 0 Å². The van der Waals surface area contributed by atoms with Gasteiger partial charge in [-0.15, -0.1) is 11.3 Å². The lowest BCUT2D eigenvalue weighted by Gasteiger charge is -1.97. The van der Waals surface area contributed by atoms with Crippen LogP contribution in [0.15, 0.2) is 42.5 Å². The van der Waals surface area contributed by atoms with Gasteiger partial charge >= 0.3 is 0 Å². The molecule has 0 unspecified atom stereocenters. The van der Waals surface area contributed by atoms with Crippen molar-refractivity contribution in [3.63, 3.8) is 0 Å². The van der Waals surface area contributed by atoms with Gasteiger partial charge in [0.1, 0.15) is 5.75 Å². The van der Waals surface area contributed by atoms with Gasteiger partial charge in [0.25, 0.3) is 0 Å². The number of fused-ring (bicyclic) bond motifs is 1. The summed E-state index contributed by atoms with van der Waals surface area (Å²) in [6.07, 6.45) is 0. The number of aromatic hydroxyl groups is 1. The molecule has 3 aromatic rings. The zero-order valence-corrected chi connectivity index (χ0v) is 11.2. The number of ketones is 1. The molecule has 1 N–H and O–H groups in total. The highest BCUT2D eigenvalue weighted by molar-refractivity contribution is 7.20. The van der Waals surface area contributed by atoms with Crippen molar-refractivity contribution in [3.8, 4) is 5.75 Å². The Kier molecular flexibility index (Phi) is 2.97. The van der Waals surface area contributed by atoms with Gasteiger partial charge in [-0.05, 0) is 30.3 Å². The number of rotatable bonds is 2. The molecule has 0 atom stereocenters. The zero-order valence-electron chi connectivity index (χ0n) is 9.63. The van der Waals surface area contributed by atoms with Crippen LogP contribution in [-0.2, 0) is 0 Å². The lowest BCUT2D eigenvalue weighted by atomic mass is 10.1. The summed E-state index contributed by atoms with van der Waals surface area (Å²) in [6.45, 7) is 0. The number of phenolic OH excluding ortho intramolecular Hbond substituents is 1. The first-order valence-electron chi connectivity index (χ1n) is 5.53. The molecule has 0 amide bonds. The molecule has 3 rings (SSSR count). The number of aromatic nitrogens is 1. The van der Waals surface area contributed by atoms with Crippen LogP contribution in [0.25, 0.3) is 10.2 Å². The maximum Gasteiger partial charge on any atom is 0.221 e. The Morgan fingerprint density at radius 2 is 2.05 bits per heavy atom. The Balaban J connectivity index is 2.06. The molecule has 2 aromatic carbocycles. The fourth-order valence-corrected chi connectivity index (χ4v) is 2.91. The zero-order chi connectivity index (χ0) is 13.4. The lowest BCUT2D eigenvalue weighted by molar-refractivity contribution is 0.103. The van der Waals surface area contributed by atoms with Crippen LogP contribution in [0.1, 0.15) is 15.4 Å². The molecule has 1 aromatic heterocycles. The number of hydrogen-bond acceptors (Lipinski definition) is 4. The topological polar surface area (TPSA) is 50.2 Å². The van der Waals surface area contributed by atoms with E-state index in [0.29, 0.717) is 21.1 Å². The van der Waals surface area contributed by atoms with Gasteiger partial charge in [-0.3, -0.25) is 4.79 Å². The number of phenols is 1. The van der Waals surface area contributed by atoms with E-state index in [2.05, 4.69) is 4.98 Å². The minimum absolute atomic E-state index is 0.164.